The van der Waals surface area contributed by atoms with Gasteiger partial charge in [-0.25, -0.2) is 0 Å². The van der Waals surface area contributed by atoms with Crippen molar-refractivity contribution in [3.8, 4) is 0 Å². The third kappa shape index (κ3) is 6.34. The minimum absolute atomic E-state index is 0.0472. The van der Waals surface area contributed by atoms with E-state index >= 15 is 0 Å². The summed E-state index contributed by atoms with van der Waals surface area (Å²) in [5.41, 5.74) is 5.52. The molecule has 3 N–H and O–H groups in total. The zero-order valence-electron chi connectivity index (χ0n) is 8.55. The fourth-order valence-electron chi connectivity index (χ4n) is 1.10. The van der Waals surface area contributed by atoms with Gasteiger partial charge < -0.3 is 11.1 Å². The second-order valence-electron chi connectivity index (χ2n) is 3.08. The summed E-state index contributed by atoms with van der Waals surface area (Å²) in [6, 6.07) is 0.128. The summed E-state index contributed by atoms with van der Waals surface area (Å²) < 4.78 is 0. The average molecular weight is 184 g/mol. The van der Waals surface area contributed by atoms with Gasteiger partial charge in [0.25, 0.3) is 0 Å². The maximum absolute atomic E-state index is 11.1. The Balaban J connectivity index is 3.76. The van der Waals surface area contributed by atoms with Crippen LogP contribution in [0.5, 0.6) is 0 Å². The third-order valence-electron chi connectivity index (χ3n) is 1.86. The molecule has 0 aliphatic rings. The summed E-state index contributed by atoms with van der Waals surface area (Å²) in [4.78, 5) is 11.1. The maximum atomic E-state index is 11.1. The van der Waals surface area contributed by atoms with E-state index in [4.69, 9.17) is 5.73 Å². The number of hydrogen-bond donors (Lipinski definition) is 2. The molecule has 0 fully saturated rings. The predicted octanol–water partition coefficient (Wildman–Crippen LogP) is 1.20. The summed E-state index contributed by atoms with van der Waals surface area (Å²) in [5.74, 6) is -0.0472. The highest BCUT2D eigenvalue weighted by Gasteiger charge is 2.06. The maximum Gasteiger partial charge on any atom is 0.243 e. The Kier molecular flexibility index (Phi) is 7.30. The van der Waals surface area contributed by atoms with E-state index in [1.54, 1.807) is 6.08 Å². The fourth-order valence-corrected chi connectivity index (χ4v) is 1.10. The van der Waals surface area contributed by atoms with Crippen LogP contribution in [0.25, 0.3) is 0 Å². The highest BCUT2D eigenvalue weighted by Crippen LogP contribution is 1.98. The molecule has 0 aromatic rings. The zero-order chi connectivity index (χ0) is 10.1. The van der Waals surface area contributed by atoms with Gasteiger partial charge in [0.1, 0.15) is 0 Å². The van der Waals surface area contributed by atoms with Crippen LogP contribution in [0.1, 0.15) is 33.1 Å². The van der Waals surface area contributed by atoms with Crippen LogP contribution < -0.4 is 11.1 Å². The molecule has 0 saturated carbocycles. The van der Waals surface area contributed by atoms with Crippen LogP contribution in [0.3, 0.4) is 0 Å². The van der Waals surface area contributed by atoms with E-state index in [0.717, 1.165) is 19.3 Å². The van der Waals surface area contributed by atoms with Gasteiger partial charge in [-0.15, -0.1) is 0 Å². The van der Waals surface area contributed by atoms with E-state index in [-0.39, 0.29) is 11.9 Å². The first-order valence-corrected chi connectivity index (χ1v) is 4.87. The number of nitrogens with one attached hydrogen (secondary N) is 1. The molecule has 3 nitrogen and oxygen atoms in total. The van der Waals surface area contributed by atoms with Crippen LogP contribution in [-0.4, -0.2) is 18.5 Å². The lowest BCUT2D eigenvalue weighted by Gasteiger charge is -2.14. The van der Waals surface area contributed by atoms with Gasteiger partial charge in [-0.2, -0.15) is 0 Å². The molecule has 1 unspecified atom stereocenters. The quantitative estimate of drug-likeness (QED) is 0.609. The van der Waals surface area contributed by atoms with Crippen molar-refractivity contribution >= 4 is 5.91 Å². The summed E-state index contributed by atoms with van der Waals surface area (Å²) in [6.07, 6.45) is 6.46. The number of carbonyl (C=O) groups excluding carboxylic acids is 1. The number of nitrogens with two attached hydrogens (primary N) is 1. The average Bonchev–Trinajstić information content (AvgIpc) is 2.12. The number of allylic oxidation sites excluding steroid dienone is 1. The topological polar surface area (TPSA) is 55.1 Å². The molecule has 0 aromatic heterocycles. The van der Waals surface area contributed by atoms with Crippen molar-refractivity contribution in [1.29, 1.82) is 0 Å². The lowest BCUT2D eigenvalue weighted by atomic mass is 10.1. The molecular weight excluding hydrogens is 164 g/mol. The Morgan fingerprint density at radius 2 is 2.31 bits per heavy atom. The Morgan fingerprint density at radius 3 is 2.77 bits per heavy atom. The van der Waals surface area contributed by atoms with E-state index in [9.17, 15) is 4.79 Å². The van der Waals surface area contributed by atoms with Crippen molar-refractivity contribution in [2.75, 3.05) is 6.54 Å². The first-order chi connectivity index (χ1) is 6.24. The Labute approximate surface area is 80.4 Å². The first kappa shape index (κ1) is 12.2. The van der Waals surface area contributed by atoms with Gasteiger partial charge in [0.05, 0.1) is 0 Å². The number of unbranched alkanes of at least 4 members (excludes halogenated alkanes) is 1. The molecule has 0 radical (unpaired) electrons. The molecule has 1 atom stereocenters. The van der Waals surface area contributed by atoms with Crippen LogP contribution in [0, 0.1) is 0 Å². The molecule has 76 valence electrons. The summed E-state index contributed by atoms with van der Waals surface area (Å²) in [5, 5.41) is 2.85. The van der Waals surface area contributed by atoms with Crippen molar-refractivity contribution in [2.45, 2.75) is 39.2 Å². The van der Waals surface area contributed by atoms with Crippen molar-refractivity contribution in [2.24, 2.45) is 5.73 Å². The number of carbonyl (C=O) groups is 1. The standard InChI is InChI=1S/C10H20N2O/c1-3-5-7-9(8-11)12-10(13)6-4-2/h4,6,9H,3,5,7-8,11H2,1-2H3,(H,12,13)/b6-4+. The fraction of sp³-hybridized carbons (Fsp3) is 0.700. The second-order valence-corrected chi connectivity index (χ2v) is 3.08. The van der Waals surface area contributed by atoms with Gasteiger partial charge in [0.2, 0.25) is 5.91 Å². The number of rotatable bonds is 6. The molecule has 3 heteroatoms. The second kappa shape index (κ2) is 7.80. The van der Waals surface area contributed by atoms with Crippen LogP contribution in [-0.2, 0) is 4.79 Å². The molecule has 0 saturated heterocycles. The molecule has 0 spiro atoms. The van der Waals surface area contributed by atoms with Gasteiger partial charge in [0.15, 0.2) is 0 Å². The van der Waals surface area contributed by atoms with E-state index in [2.05, 4.69) is 12.2 Å². The Hall–Kier alpha value is -0.830. The van der Waals surface area contributed by atoms with Gasteiger partial charge in [0, 0.05) is 12.6 Å². The summed E-state index contributed by atoms with van der Waals surface area (Å²) in [7, 11) is 0. The molecule has 1 amide bonds. The predicted molar refractivity (Wildman–Crippen MR) is 55.3 cm³/mol. The molecule has 0 aliphatic heterocycles. The van der Waals surface area contributed by atoms with E-state index in [1.807, 2.05) is 6.92 Å². The molecule has 0 aliphatic carbocycles. The zero-order valence-corrected chi connectivity index (χ0v) is 8.55. The summed E-state index contributed by atoms with van der Waals surface area (Å²) in [6.45, 7) is 4.47. The molecule has 0 rings (SSSR count). The van der Waals surface area contributed by atoms with Crippen LogP contribution in [0.2, 0.25) is 0 Å². The Morgan fingerprint density at radius 1 is 1.62 bits per heavy atom. The highest BCUT2D eigenvalue weighted by molar-refractivity contribution is 5.87. The van der Waals surface area contributed by atoms with Gasteiger partial charge >= 0.3 is 0 Å². The summed E-state index contributed by atoms with van der Waals surface area (Å²) >= 11 is 0. The van der Waals surface area contributed by atoms with Gasteiger partial charge in [-0.1, -0.05) is 25.8 Å². The lowest BCUT2D eigenvalue weighted by molar-refractivity contribution is -0.117. The third-order valence-corrected chi connectivity index (χ3v) is 1.86. The largest absolute Gasteiger partial charge is 0.349 e. The lowest BCUT2D eigenvalue weighted by Crippen LogP contribution is -2.39. The number of amides is 1. The monoisotopic (exact) mass is 184 g/mol. The molecule has 0 bridgehead atoms. The molecule has 13 heavy (non-hydrogen) atoms. The van der Waals surface area contributed by atoms with Crippen molar-refractivity contribution in [3.05, 3.63) is 12.2 Å². The van der Waals surface area contributed by atoms with E-state index in [0.29, 0.717) is 6.54 Å². The smallest absolute Gasteiger partial charge is 0.243 e. The van der Waals surface area contributed by atoms with Crippen molar-refractivity contribution < 1.29 is 4.79 Å². The van der Waals surface area contributed by atoms with E-state index in [1.165, 1.54) is 6.08 Å². The van der Waals surface area contributed by atoms with Crippen molar-refractivity contribution in [3.63, 3.8) is 0 Å². The van der Waals surface area contributed by atoms with E-state index < -0.39 is 0 Å². The first-order valence-electron chi connectivity index (χ1n) is 4.87. The van der Waals surface area contributed by atoms with Crippen molar-refractivity contribution in [1.82, 2.24) is 5.32 Å². The molecule has 0 heterocycles. The SMILES string of the molecule is C/C=C/C(=O)NC(CN)CCCC. The molecule has 0 aromatic carbocycles. The van der Waals surface area contributed by atoms with Crippen LogP contribution in [0.15, 0.2) is 12.2 Å². The highest BCUT2D eigenvalue weighted by atomic mass is 16.1. The Bertz CT molecular complexity index is 166. The normalized spacial score (nSPS) is 13.2. The van der Waals surface area contributed by atoms with Gasteiger partial charge in [-0.05, 0) is 19.4 Å². The van der Waals surface area contributed by atoms with Gasteiger partial charge in [-0.3, -0.25) is 4.79 Å². The molecular formula is C10H20N2O. The minimum atomic E-state index is -0.0472. The van der Waals surface area contributed by atoms with Crippen LogP contribution in [0.4, 0.5) is 0 Å². The minimum Gasteiger partial charge on any atom is -0.349 e. The van der Waals surface area contributed by atoms with Crippen LogP contribution >= 0.6 is 0 Å². The number of hydrogen-bond acceptors (Lipinski definition) is 2.